The number of hydrogen-bond donors (Lipinski definition) is 0. The Kier molecular flexibility index (Phi) is 5.09. The number of hydrogen-bond acceptors (Lipinski definition) is 2. The first-order chi connectivity index (χ1) is 12.1. The maximum absolute atomic E-state index is 13.1. The first kappa shape index (κ1) is 16.7. The summed E-state index contributed by atoms with van der Waals surface area (Å²) in [5, 5.41) is 4.35. The molecule has 1 amide bonds. The summed E-state index contributed by atoms with van der Waals surface area (Å²) in [6.07, 6.45) is 3.82. The molecule has 3 rings (SSSR count). The van der Waals surface area contributed by atoms with Gasteiger partial charge < -0.3 is 4.90 Å². The fraction of sp³-hybridized carbons (Fsp3) is 0.143. The maximum Gasteiger partial charge on any atom is 0.254 e. The predicted molar refractivity (Wildman–Crippen MR) is 100 cm³/mol. The van der Waals surface area contributed by atoms with Gasteiger partial charge in [-0.05, 0) is 23.3 Å². The Morgan fingerprint density at radius 1 is 1.04 bits per heavy atom. The molecule has 2 aromatic carbocycles. The van der Waals surface area contributed by atoms with E-state index >= 15 is 0 Å². The summed E-state index contributed by atoms with van der Waals surface area (Å²) in [7, 11) is 3.68. The highest BCUT2D eigenvalue weighted by Crippen LogP contribution is 2.21. The van der Waals surface area contributed by atoms with Crippen LogP contribution in [0.5, 0.6) is 0 Å². The number of carbonyl (C=O) groups excluding carboxylic acids is 1. The van der Waals surface area contributed by atoms with Gasteiger partial charge in [0, 0.05) is 25.9 Å². The van der Waals surface area contributed by atoms with E-state index in [1.807, 2.05) is 86.1 Å². The molecule has 0 fully saturated rings. The minimum Gasteiger partial charge on any atom is -0.336 e. The van der Waals surface area contributed by atoms with Crippen molar-refractivity contribution in [1.82, 2.24) is 14.7 Å². The maximum atomic E-state index is 13.1. The normalized spacial score (nSPS) is 11.4. The number of carbonyl (C=O) groups is 1. The van der Waals surface area contributed by atoms with Gasteiger partial charge in [0.1, 0.15) is 0 Å². The minimum atomic E-state index is -0.0271. The smallest absolute Gasteiger partial charge is 0.254 e. The zero-order valence-corrected chi connectivity index (χ0v) is 14.5. The molecule has 0 atom stereocenters. The molecule has 3 aromatic rings. The van der Waals surface area contributed by atoms with Crippen LogP contribution in [0.1, 0.15) is 16.8 Å². The van der Waals surface area contributed by atoms with Crippen molar-refractivity contribution in [2.45, 2.75) is 6.54 Å². The van der Waals surface area contributed by atoms with E-state index in [-0.39, 0.29) is 5.91 Å². The number of nitrogens with zero attached hydrogens (tertiary/aromatic N) is 3. The summed E-state index contributed by atoms with van der Waals surface area (Å²) in [6.45, 7) is 0.471. The number of amides is 1. The van der Waals surface area contributed by atoms with Crippen molar-refractivity contribution < 1.29 is 4.79 Å². The van der Waals surface area contributed by atoms with E-state index < -0.39 is 0 Å². The minimum absolute atomic E-state index is 0.0271. The third-order valence-corrected chi connectivity index (χ3v) is 3.94. The summed E-state index contributed by atoms with van der Waals surface area (Å²) in [6, 6.07) is 21.6. The van der Waals surface area contributed by atoms with Crippen LogP contribution in [0.4, 0.5) is 0 Å². The van der Waals surface area contributed by atoms with Crippen LogP contribution in [-0.2, 0) is 18.4 Å². The van der Waals surface area contributed by atoms with Gasteiger partial charge in [0.05, 0.1) is 12.2 Å². The third-order valence-electron chi connectivity index (χ3n) is 3.94. The van der Waals surface area contributed by atoms with Gasteiger partial charge in [-0.15, -0.1) is 0 Å². The quantitative estimate of drug-likeness (QED) is 0.529. The molecular weight excluding hydrogens is 310 g/mol. The lowest BCUT2D eigenvalue weighted by molar-refractivity contribution is -0.124. The van der Waals surface area contributed by atoms with Gasteiger partial charge in [0.15, 0.2) is 0 Å². The van der Waals surface area contributed by atoms with Crippen LogP contribution in [0, 0.1) is 0 Å². The lowest BCUT2D eigenvalue weighted by atomic mass is 10.0. The van der Waals surface area contributed by atoms with Crippen molar-refractivity contribution in [2.24, 2.45) is 7.05 Å². The second-order valence-corrected chi connectivity index (χ2v) is 5.98. The van der Waals surface area contributed by atoms with Crippen LogP contribution < -0.4 is 0 Å². The number of rotatable bonds is 5. The van der Waals surface area contributed by atoms with Gasteiger partial charge in [0.25, 0.3) is 5.91 Å². The first-order valence-corrected chi connectivity index (χ1v) is 8.19. The summed E-state index contributed by atoms with van der Waals surface area (Å²) in [5.41, 5.74) is 3.45. The van der Waals surface area contributed by atoms with Crippen LogP contribution >= 0.6 is 0 Å². The van der Waals surface area contributed by atoms with Crippen LogP contribution in [0.15, 0.2) is 72.9 Å². The van der Waals surface area contributed by atoms with E-state index in [2.05, 4.69) is 5.10 Å². The summed E-state index contributed by atoms with van der Waals surface area (Å²) < 4.78 is 1.74. The lowest BCUT2D eigenvalue weighted by Crippen LogP contribution is -2.27. The molecule has 0 aliphatic rings. The second-order valence-electron chi connectivity index (χ2n) is 5.98. The van der Waals surface area contributed by atoms with Crippen LogP contribution in [0.2, 0.25) is 0 Å². The van der Waals surface area contributed by atoms with E-state index in [1.54, 1.807) is 16.6 Å². The van der Waals surface area contributed by atoms with E-state index in [0.29, 0.717) is 12.1 Å². The monoisotopic (exact) mass is 331 g/mol. The number of likely N-dealkylation sites (N-methyl/N-ethyl adjacent to an activating group) is 1. The Hall–Kier alpha value is -3.14. The van der Waals surface area contributed by atoms with E-state index in [1.165, 1.54) is 0 Å². The Bertz CT molecular complexity index is 866. The van der Waals surface area contributed by atoms with Crippen molar-refractivity contribution >= 4 is 17.6 Å². The first-order valence-electron chi connectivity index (χ1n) is 8.19. The lowest BCUT2D eigenvalue weighted by Gasteiger charge is -2.18. The van der Waals surface area contributed by atoms with Crippen molar-refractivity contribution in [3.8, 4) is 0 Å². The summed E-state index contributed by atoms with van der Waals surface area (Å²) in [5.74, 6) is -0.0271. The topological polar surface area (TPSA) is 38.1 Å². The highest BCUT2D eigenvalue weighted by atomic mass is 16.2. The molecule has 1 aromatic heterocycles. The van der Waals surface area contributed by atoms with Gasteiger partial charge in [-0.25, -0.2) is 0 Å². The Balaban J connectivity index is 1.91. The average molecular weight is 331 g/mol. The molecular formula is C21H21N3O. The van der Waals surface area contributed by atoms with Gasteiger partial charge in [-0.2, -0.15) is 5.10 Å². The van der Waals surface area contributed by atoms with Gasteiger partial charge in [-0.3, -0.25) is 9.48 Å². The van der Waals surface area contributed by atoms with Crippen LogP contribution in [0.3, 0.4) is 0 Å². The molecule has 0 aliphatic carbocycles. The van der Waals surface area contributed by atoms with E-state index in [4.69, 9.17) is 0 Å². The summed E-state index contributed by atoms with van der Waals surface area (Å²) in [4.78, 5) is 14.8. The zero-order chi connectivity index (χ0) is 17.6. The molecule has 0 unspecified atom stereocenters. The molecule has 126 valence electrons. The highest BCUT2D eigenvalue weighted by Gasteiger charge is 2.17. The molecule has 1 heterocycles. The number of aromatic nitrogens is 2. The highest BCUT2D eigenvalue weighted by molar-refractivity contribution is 6.24. The number of benzene rings is 2. The largest absolute Gasteiger partial charge is 0.336 e. The molecule has 0 saturated heterocycles. The molecule has 0 bridgehead atoms. The molecule has 4 nitrogen and oxygen atoms in total. The van der Waals surface area contributed by atoms with Gasteiger partial charge in [0.2, 0.25) is 0 Å². The Morgan fingerprint density at radius 3 is 2.28 bits per heavy atom. The fourth-order valence-electron chi connectivity index (χ4n) is 2.67. The van der Waals surface area contributed by atoms with Crippen molar-refractivity contribution in [1.29, 1.82) is 0 Å². The molecule has 0 radical (unpaired) electrons. The molecule has 0 saturated carbocycles. The van der Waals surface area contributed by atoms with Gasteiger partial charge in [-0.1, -0.05) is 60.7 Å². The Morgan fingerprint density at radius 2 is 1.68 bits per heavy atom. The number of aryl methyl sites for hydroxylation is 1. The molecule has 0 N–H and O–H groups in total. The van der Waals surface area contributed by atoms with Crippen molar-refractivity contribution in [2.75, 3.05) is 7.05 Å². The Labute approximate surface area is 148 Å². The third kappa shape index (κ3) is 4.23. The van der Waals surface area contributed by atoms with E-state index in [0.717, 1.165) is 16.8 Å². The average Bonchev–Trinajstić information content (AvgIpc) is 3.05. The van der Waals surface area contributed by atoms with Crippen LogP contribution in [-0.4, -0.2) is 27.6 Å². The second kappa shape index (κ2) is 7.62. The summed E-state index contributed by atoms with van der Waals surface area (Å²) >= 11 is 0. The SMILES string of the molecule is CN(Cc1ccn(C)n1)C(=O)/C(=C\c1ccccc1)c1ccccc1. The van der Waals surface area contributed by atoms with Crippen molar-refractivity contribution in [3.05, 3.63) is 89.7 Å². The van der Waals surface area contributed by atoms with Crippen LogP contribution in [0.25, 0.3) is 11.6 Å². The predicted octanol–water partition coefficient (Wildman–Crippen LogP) is 3.62. The van der Waals surface area contributed by atoms with E-state index in [9.17, 15) is 4.79 Å². The molecule has 25 heavy (non-hydrogen) atoms. The molecule has 4 heteroatoms. The molecule has 0 aliphatic heterocycles. The molecule has 0 spiro atoms. The standard InChI is InChI=1S/C21H21N3O/c1-23(16-19-13-14-24(2)22-19)21(25)20(18-11-7-4-8-12-18)15-17-9-5-3-6-10-17/h3-15H,16H2,1-2H3/b20-15-. The van der Waals surface area contributed by atoms with Gasteiger partial charge >= 0.3 is 0 Å². The van der Waals surface area contributed by atoms with Crippen molar-refractivity contribution in [3.63, 3.8) is 0 Å². The zero-order valence-electron chi connectivity index (χ0n) is 14.5. The fourth-order valence-corrected chi connectivity index (χ4v) is 2.67.